The molecular formula is C11H12Cl2N2O2. The van der Waals surface area contributed by atoms with Crippen LogP contribution in [0.15, 0.2) is 18.2 Å². The van der Waals surface area contributed by atoms with E-state index in [4.69, 9.17) is 23.2 Å². The van der Waals surface area contributed by atoms with Crippen molar-refractivity contribution in [3.8, 4) is 0 Å². The fourth-order valence-electron chi connectivity index (χ4n) is 1.19. The lowest BCUT2D eigenvalue weighted by Crippen LogP contribution is -2.36. The number of rotatable bonds is 4. The molecule has 1 aromatic rings. The van der Waals surface area contributed by atoms with Crippen molar-refractivity contribution in [2.75, 3.05) is 13.1 Å². The Morgan fingerprint density at radius 2 is 1.94 bits per heavy atom. The van der Waals surface area contributed by atoms with E-state index in [1.807, 2.05) is 0 Å². The van der Waals surface area contributed by atoms with Crippen molar-refractivity contribution in [3.05, 3.63) is 33.8 Å². The second-order valence-electron chi connectivity index (χ2n) is 3.24. The molecule has 0 bridgehead atoms. The molecule has 0 saturated carbocycles. The Bertz CT molecular complexity index is 435. The fourth-order valence-corrected chi connectivity index (χ4v) is 1.58. The van der Waals surface area contributed by atoms with Gasteiger partial charge in [-0.1, -0.05) is 29.3 Å². The second kappa shape index (κ2) is 6.47. The monoisotopic (exact) mass is 274 g/mol. The lowest BCUT2D eigenvalue weighted by atomic mass is 10.2. The maximum Gasteiger partial charge on any atom is 0.253 e. The van der Waals surface area contributed by atoms with Gasteiger partial charge in [-0.15, -0.1) is 0 Å². The molecule has 0 spiro atoms. The smallest absolute Gasteiger partial charge is 0.253 e. The van der Waals surface area contributed by atoms with Gasteiger partial charge in [0, 0.05) is 6.54 Å². The first-order valence-corrected chi connectivity index (χ1v) is 5.80. The zero-order valence-electron chi connectivity index (χ0n) is 9.22. The van der Waals surface area contributed by atoms with Gasteiger partial charge in [-0.2, -0.15) is 0 Å². The van der Waals surface area contributed by atoms with Crippen molar-refractivity contribution in [1.82, 2.24) is 10.6 Å². The van der Waals surface area contributed by atoms with Crippen LogP contribution in [0.3, 0.4) is 0 Å². The minimum Gasteiger partial charge on any atom is -0.355 e. The van der Waals surface area contributed by atoms with Crippen molar-refractivity contribution in [2.24, 2.45) is 0 Å². The molecule has 0 aromatic heterocycles. The highest BCUT2D eigenvalue weighted by Crippen LogP contribution is 2.25. The SMILES string of the molecule is CCNC(=O)CNC(=O)c1cccc(Cl)c1Cl. The maximum atomic E-state index is 11.7. The van der Waals surface area contributed by atoms with E-state index in [1.165, 1.54) is 0 Å². The molecule has 0 aliphatic heterocycles. The summed E-state index contributed by atoms with van der Waals surface area (Å²) >= 11 is 11.7. The van der Waals surface area contributed by atoms with E-state index < -0.39 is 5.91 Å². The van der Waals surface area contributed by atoms with Crippen LogP contribution < -0.4 is 10.6 Å². The lowest BCUT2D eigenvalue weighted by molar-refractivity contribution is -0.120. The van der Waals surface area contributed by atoms with E-state index in [1.54, 1.807) is 25.1 Å². The Morgan fingerprint density at radius 3 is 2.59 bits per heavy atom. The summed E-state index contributed by atoms with van der Waals surface area (Å²) in [5.74, 6) is -0.678. The van der Waals surface area contributed by atoms with Crippen LogP contribution in [0.4, 0.5) is 0 Å². The Hall–Kier alpha value is -1.26. The summed E-state index contributed by atoms with van der Waals surface area (Å²) in [5, 5.41) is 5.51. The average molecular weight is 275 g/mol. The molecular weight excluding hydrogens is 263 g/mol. The molecule has 0 heterocycles. The molecule has 92 valence electrons. The van der Waals surface area contributed by atoms with Gasteiger partial charge in [0.05, 0.1) is 22.2 Å². The molecule has 0 aliphatic carbocycles. The Labute approximate surface area is 109 Å². The van der Waals surface area contributed by atoms with Crippen LogP contribution in [0, 0.1) is 0 Å². The predicted molar refractivity (Wildman–Crippen MR) is 67.5 cm³/mol. The quantitative estimate of drug-likeness (QED) is 0.881. The summed E-state index contributed by atoms with van der Waals surface area (Å²) < 4.78 is 0. The van der Waals surface area contributed by atoms with Gasteiger partial charge >= 0.3 is 0 Å². The molecule has 0 atom stereocenters. The summed E-state index contributed by atoms with van der Waals surface area (Å²) in [6, 6.07) is 4.75. The maximum absolute atomic E-state index is 11.7. The van der Waals surface area contributed by atoms with Gasteiger partial charge in [-0.05, 0) is 19.1 Å². The van der Waals surface area contributed by atoms with E-state index >= 15 is 0 Å². The van der Waals surface area contributed by atoms with Crippen LogP contribution in [0.2, 0.25) is 10.0 Å². The van der Waals surface area contributed by atoms with Gasteiger partial charge in [0.25, 0.3) is 5.91 Å². The second-order valence-corrected chi connectivity index (χ2v) is 4.02. The van der Waals surface area contributed by atoms with Crippen molar-refractivity contribution >= 4 is 35.0 Å². The third-order valence-corrected chi connectivity index (χ3v) is 2.80. The third-order valence-electron chi connectivity index (χ3n) is 1.98. The molecule has 4 nitrogen and oxygen atoms in total. The molecule has 0 unspecified atom stereocenters. The fraction of sp³-hybridized carbons (Fsp3) is 0.273. The van der Waals surface area contributed by atoms with Crippen LogP contribution in [0.25, 0.3) is 0 Å². The normalized spacial score (nSPS) is 9.82. The molecule has 2 N–H and O–H groups in total. The number of halogens is 2. The Morgan fingerprint density at radius 1 is 1.24 bits per heavy atom. The number of hydrogen-bond acceptors (Lipinski definition) is 2. The van der Waals surface area contributed by atoms with Crippen molar-refractivity contribution in [1.29, 1.82) is 0 Å². The number of amides is 2. The van der Waals surface area contributed by atoms with Crippen LogP contribution in [0.1, 0.15) is 17.3 Å². The topological polar surface area (TPSA) is 58.2 Å². The summed E-state index contributed by atoms with van der Waals surface area (Å²) in [6.45, 7) is 2.23. The average Bonchev–Trinajstić information content (AvgIpc) is 2.30. The van der Waals surface area contributed by atoms with E-state index in [0.717, 1.165) is 0 Å². The van der Waals surface area contributed by atoms with Gasteiger partial charge in [0.15, 0.2) is 0 Å². The van der Waals surface area contributed by atoms with Gasteiger partial charge in [0.1, 0.15) is 0 Å². The van der Waals surface area contributed by atoms with Crippen LogP contribution >= 0.6 is 23.2 Å². The standard InChI is InChI=1S/C11H12Cl2N2O2/c1-2-14-9(16)6-15-11(17)7-4-3-5-8(12)10(7)13/h3-5H,2,6H2,1H3,(H,14,16)(H,15,17). The minimum atomic E-state index is -0.427. The molecule has 6 heteroatoms. The van der Waals surface area contributed by atoms with E-state index in [0.29, 0.717) is 11.6 Å². The van der Waals surface area contributed by atoms with Crippen molar-refractivity contribution in [2.45, 2.75) is 6.92 Å². The minimum absolute atomic E-state index is 0.0878. The van der Waals surface area contributed by atoms with Crippen molar-refractivity contribution < 1.29 is 9.59 Å². The molecule has 0 radical (unpaired) electrons. The van der Waals surface area contributed by atoms with E-state index in [9.17, 15) is 9.59 Å². The zero-order valence-corrected chi connectivity index (χ0v) is 10.7. The molecule has 2 amide bonds. The number of hydrogen-bond donors (Lipinski definition) is 2. The summed E-state index contributed by atoms with van der Waals surface area (Å²) in [5.41, 5.74) is 0.253. The van der Waals surface area contributed by atoms with Gasteiger partial charge in [0.2, 0.25) is 5.91 Å². The zero-order chi connectivity index (χ0) is 12.8. The molecule has 1 rings (SSSR count). The van der Waals surface area contributed by atoms with Crippen molar-refractivity contribution in [3.63, 3.8) is 0 Å². The van der Waals surface area contributed by atoms with Gasteiger partial charge in [-0.3, -0.25) is 9.59 Å². The third kappa shape index (κ3) is 3.91. The number of nitrogens with one attached hydrogen (secondary N) is 2. The van der Waals surface area contributed by atoms with Crippen LogP contribution in [0.5, 0.6) is 0 Å². The van der Waals surface area contributed by atoms with Gasteiger partial charge in [-0.25, -0.2) is 0 Å². The highest BCUT2D eigenvalue weighted by atomic mass is 35.5. The first-order valence-electron chi connectivity index (χ1n) is 5.05. The van der Waals surface area contributed by atoms with Crippen LogP contribution in [-0.4, -0.2) is 24.9 Å². The molecule has 1 aromatic carbocycles. The van der Waals surface area contributed by atoms with Crippen LogP contribution in [-0.2, 0) is 4.79 Å². The number of carbonyl (C=O) groups excluding carboxylic acids is 2. The highest BCUT2D eigenvalue weighted by molar-refractivity contribution is 6.43. The predicted octanol–water partition coefficient (Wildman–Crippen LogP) is 1.86. The lowest BCUT2D eigenvalue weighted by Gasteiger charge is -2.07. The summed E-state index contributed by atoms with van der Waals surface area (Å²) in [7, 11) is 0. The Kier molecular flexibility index (Phi) is 5.25. The largest absolute Gasteiger partial charge is 0.355 e. The molecule has 0 fully saturated rings. The van der Waals surface area contributed by atoms with Gasteiger partial charge < -0.3 is 10.6 Å². The summed E-state index contributed by atoms with van der Waals surface area (Å²) in [6.07, 6.45) is 0. The number of carbonyl (C=O) groups is 2. The Balaban J connectivity index is 2.64. The molecule has 0 aliphatic rings. The van der Waals surface area contributed by atoms with E-state index in [2.05, 4.69) is 10.6 Å². The molecule has 17 heavy (non-hydrogen) atoms. The molecule has 0 saturated heterocycles. The first-order chi connectivity index (χ1) is 8.06. The van der Waals surface area contributed by atoms with E-state index in [-0.39, 0.29) is 23.0 Å². The first kappa shape index (κ1) is 13.8. The highest BCUT2D eigenvalue weighted by Gasteiger charge is 2.12. The number of likely N-dealkylation sites (N-methyl/N-ethyl adjacent to an activating group) is 1. The summed E-state index contributed by atoms with van der Waals surface area (Å²) in [4.78, 5) is 22.8. The number of benzene rings is 1.